The molecule has 2 heterocycles. The normalized spacial score (nSPS) is 17.5. The quantitative estimate of drug-likeness (QED) is 0.778. The van der Waals surface area contributed by atoms with E-state index in [4.69, 9.17) is 0 Å². The van der Waals surface area contributed by atoms with Gasteiger partial charge < -0.3 is 9.80 Å². The van der Waals surface area contributed by atoms with Crippen LogP contribution < -0.4 is 0 Å². The van der Waals surface area contributed by atoms with Crippen LogP contribution in [-0.2, 0) is 0 Å². The van der Waals surface area contributed by atoms with Gasteiger partial charge in [0.05, 0.1) is 0 Å². The molecular weight excluding hydrogens is 270 g/mol. The molecule has 5 heteroatoms. The third-order valence-electron chi connectivity index (χ3n) is 2.73. The molecule has 0 spiro atoms. The second-order valence-electron chi connectivity index (χ2n) is 3.95. The van der Waals surface area contributed by atoms with Crippen molar-refractivity contribution >= 4 is 21.8 Å². The van der Waals surface area contributed by atoms with Crippen molar-refractivity contribution in [3.8, 4) is 0 Å². The Balaban J connectivity index is 2.08. The largest absolute Gasteiger partial charge is 0.335 e. The van der Waals surface area contributed by atoms with Crippen LogP contribution in [0.2, 0.25) is 0 Å². The summed E-state index contributed by atoms with van der Waals surface area (Å²) in [6.07, 6.45) is 1.65. The number of carbonyl (C=O) groups is 1. The summed E-state index contributed by atoms with van der Waals surface area (Å²) in [6, 6.07) is 3.58. The summed E-state index contributed by atoms with van der Waals surface area (Å²) in [6.45, 7) is 3.42. The first-order valence-corrected chi connectivity index (χ1v) is 6.05. The number of pyridine rings is 1. The summed E-state index contributed by atoms with van der Waals surface area (Å²) in [7, 11) is 2.07. The number of aromatic nitrogens is 1. The van der Waals surface area contributed by atoms with Gasteiger partial charge in [-0.1, -0.05) is 15.9 Å². The highest BCUT2D eigenvalue weighted by atomic mass is 79.9. The fourth-order valence-electron chi connectivity index (χ4n) is 1.69. The Morgan fingerprint density at radius 3 is 2.69 bits per heavy atom. The van der Waals surface area contributed by atoms with Gasteiger partial charge in [-0.05, 0) is 19.2 Å². The Bertz CT molecular complexity index is 389. The van der Waals surface area contributed by atoms with Crippen molar-refractivity contribution in [3.63, 3.8) is 0 Å². The molecule has 1 fully saturated rings. The molecule has 86 valence electrons. The molecule has 1 saturated heterocycles. The number of likely N-dealkylation sites (N-methyl/N-ethyl adjacent to an activating group) is 1. The second kappa shape index (κ2) is 4.93. The maximum absolute atomic E-state index is 12.1. The van der Waals surface area contributed by atoms with Crippen molar-refractivity contribution in [3.05, 3.63) is 28.5 Å². The number of piperazine rings is 1. The van der Waals surface area contributed by atoms with Crippen LogP contribution in [0, 0.1) is 0 Å². The minimum absolute atomic E-state index is 0.0226. The molecule has 0 aromatic carbocycles. The number of rotatable bonds is 1. The van der Waals surface area contributed by atoms with Gasteiger partial charge in [-0.15, -0.1) is 0 Å². The van der Waals surface area contributed by atoms with E-state index in [0.717, 1.165) is 30.7 Å². The fraction of sp³-hybridized carbons (Fsp3) is 0.455. The Labute approximate surface area is 103 Å². The molecule has 0 saturated carbocycles. The molecule has 0 atom stereocenters. The van der Waals surface area contributed by atoms with Crippen LogP contribution in [0.5, 0.6) is 0 Å². The average Bonchev–Trinajstić information content (AvgIpc) is 2.29. The van der Waals surface area contributed by atoms with Gasteiger partial charge in [0.15, 0.2) is 0 Å². The van der Waals surface area contributed by atoms with Gasteiger partial charge in [-0.3, -0.25) is 9.78 Å². The van der Waals surface area contributed by atoms with Gasteiger partial charge in [0, 0.05) is 36.8 Å². The van der Waals surface area contributed by atoms with Crippen LogP contribution >= 0.6 is 15.9 Å². The first-order valence-electron chi connectivity index (χ1n) is 5.26. The lowest BCUT2D eigenvalue weighted by Gasteiger charge is -2.32. The van der Waals surface area contributed by atoms with E-state index in [9.17, 15) is 4.79 Å². The Kier molecular flexibility index (Phi) is 3.56. The molecule has 16 heavy (non-hydrogen) atoms. The molecule has 0 radical (unpaired) electrons. The van der Waals surface area contributed by atoms with E-state index in [0.29, 0.717) is 5.69 Å². The maximum atomic E-state index is 12.1. The Morgan fingerprint density at radius 2 is 2.06 bits per heavy atom. The zero-order valence-electron chi connectivity index (χ0n) is 9.19. The smallest absolute Gasteiger partial charge is 0.272 e. The number of hydrogen-bond acceptors (Lipinski definition) is 3. The van der Waals surface area contributed by atoms with Gasteiger partial charge in [-0.25, -0.2) is 0 Å². The third-order valence-corrected chi connectivity index (χ3v) is 3.22. The minimum Gasteiger partial charge on any atom is -0.335 e. The van der Waals surface area contributed by atoms with Crippen LogP contribution in [0.1, 0.15) is 10.5 Å². The lowest BCUT2D eigenvalue weighted by molar-refractivity contribution is 0.0658. The molecule has 1 aromatic rings. The molecule has 1 aliphatic heterocycles. The lowest BCUT2D eigenvalue weighted by atomic mass is 10.2. The molecule has 2 rings (SSSR count). The Hall–Kier alpha value is -0.940. The first kappa shape index (κ1) is 11.5. The fourth-order valence-corrected chi connectivity index (χ4v) is 2.03. The zero-order chi connectivity index (χ0) is 11.5. The SMILES string of the molecule is CN1CCN(C(=O)c2cc(Br)ccn2)CC1. The summed E-state index contributed by atoms with van der Waals surface area (Å²) < 4.78 is 0.889. The molecule has 0 aliphatic carbocycles. The molecule has 0 bridgehead atoms. The van der Waals surface area contributed by atoms with E-state index in [1.54, 1.807) is 12.3 Å². The first-order chi connectivity index (χ1) is 7.66. The van der Waals surface area contributed by atoms with Gasteiger partial charge in [0.25, 0.3) is 5.91 Å². The van der Waals surface area contributed by atoms with Gasteiger partial charge in [-0.2, -0.15) is 0 Å². The monoisotopic (exact) mass is 283 g/mol. The van der Waals surface area contributed by atoms with Crippen LogP contribution in [0.25, 0.3) is 0 Å². The van der Waals surface area contributed by atoms with Crippen LogP contribution in [-0.4, -0.2) is 53.9 Å². The summed E-state index contributed by atoms with van der Waals surface area (Å²) in [4.78, 5) is 20.3. The second-order valence-corrected chi connectivity index (χ2v) is 4.87. The predicted octanol–water partition coefficient (Wildman–Crippen LogP) is 1.23. The molecule has 0 N–H and O–H groups in total. The highest BCUT2D eigenvalue weighted by Crippen LogP contribution is 2.12. The molecule has 0 unspecified atom stereocenters. The molecule has 1 aliphatic rings. The molecule has 1 amide bonds. The molecule has 4 nitrogen and oxygen atoms in total. The lowest BCUT2D eigenvalue weighted by Crippen LogP contribution is -2.47. The third kappa shape index (κ3) is 2.59. The van der Waals surface area contributed by atoms with E-state index in [1.807, 2.05) is 11.0 Å². The highest BCUT2D eigenvalue weighted by Gasteiger charge is 2.21. The van der Waals surface area contributed by atoms with Crippen molar-refractivity contribution < 1.29 is 4.79 Å². The number of amides is 1. The minimum atomic E-state index is 0.0226. The summed E-state index contributed by atoms with van der Waals surface area (Å²) in [5, 5.41) is 0. The van der Waals surface area contributed by atoms with Crippen molar-refractivity contribution in [2.45, 2.75) is 0 Å². The zero-order valence-corrected chi connectivity index (χ0v) is 10.8. The summed E-state index contributed by atoms with van der Waals surface area (Å²) >= 11 is 3.35. The Morgan fingerprint density at radius 1 is 1.38 bits per heavy atom. The number of nitrogens with zero attached hydrogens (tertiary/aromatic N) is 3. The summed E-state index contributed by atoms with van der Waals surface area (Å²) in [5.74, 6) is 0.0226. The maximum Gasteiger partial charge on any atom is 0.272 e. The van der Waals surface area contributed by atoms with Gasteiger partial charge in [0.2, 0.25) is 0 Å². The predicted molar refractivity (Wildman–Crippen MR) is 65.3 cm³/mol. The topological polar surface area (TPSA) is 36.4 Å². The van der Waals surface area contributed by atoms with Crippen molar-refractivity contribution in [1.82, 2.24) is 14.8 Å². The number of hydrogen-bond donors (Lipinski definition) is 0. The highest BCUT2D eigenvalue weighted by molar-refractivity contribution is 9.10. The van der Waals surface area contributed by atoms with Crippen molar-refractivity contribution in [2.75, 3.05) is 33.2 Å². The number of carbonyl (C=O) groups excluding carboxylic acids is 1. The van der Waals surface area contributed by atoms with E-state index in [2.05, 4.69) is 32.9 Å². The summed E-state index contributed by atoms with van der Waals surface area (Å²) in [5.41, 5.74) is 0.513. The van der Waals surface area contributed by atoms with Crippen molar-refractivity contribution in [2.24, 2.45) is 0 Å². The van der Waals surface area contributed by atoms with Crippen LogP contribution in [0.3, 0.4) is 0 Å². The van der Waals surface area contributed by atoms with Gasteiger partial charge in [0.1, 0.15) is 5.69 Å². The van der Waals surface area contributed by atoms with E-state index >= 15 is 0 Å². The number of halogens is 1. The van der Waals surface area contributed by atoms with E-state index in [-0.39, 0.29) is 5.91 Å². The van der Waals surface area contributed by atoms with Crippen molar-refractivity contribution in [1.29, 1.82) is 0 Å². The standard InChI is InChI=1S/C11H14BrN3O/c1-14-4-6-15(7-5-14)11(16)10-8-9(12)2-3-13-10/h2-3,8H,4-7H2,1H3. The van der Waals surface area contributed by atoms with E-state index < -0.39 is 0 Å². The molecule has 1 aromatic heterocycles. The van der Waals surface area contributed by atoms with Crippen LogP contribution in [0.15, 0.2) is 22.8 Å². The van der Waals surface area contributed by atoms with E-state index in [1.165, 1.54) is 0 Å². The van der Waals surface area contributed by atoms with Gasteiger partial charge >= 0.3 is 0 Å². The molecular formula is C11H14BrN3O. The average molecular weight is 284 g/mol. The van der Waals surface area contributed by atoms with Crippen LogP contribution in [0.4, 0.5) is 0 Å².